The van der Waals surface area contributed by atoms with Crippen LogP contribution in [0.4, 0.5) is 22.7 Å². The summed E-state index contributed by atoms with van der Waals surface area (Å²) in [6.07, 6.45) is 0.590. The average molecular weight is 751 g/mol. The maximum atomic E-state index is 13.2. The molecule has 4 aromatic carbocycles. The van der Waals surface area contributed by atoms with E-state index in [-0.39, 0.29) is 69.3 Å². The van der Waals surface area contributed by atoms with E-state index in [9.17, 15) is 59.6 Å². The van der Waals surface area contributed by atoms with Gasteiger partial charge in [-0.3, -0.25) is 69.4 Å². The van der Waals surface area contributed by atoms with Crippen molar-refractivity contribution in [1.82, 2.24) is 20.4 Å². The number of halogens is 1. The maximum Gasteiger partial charge on any atom is 0.270 e. The number of amides is 4. The van der Waals surface area contributed by atoms with Gasteiger partial charge in [0.1, 0.15) is 0 Å². The molecule has 0 spiro atoms. The third-order valence-electron chi connectivity index (χ3n) is 8.73. The number of imide groups is 2. The number of hydrogen-bond donors (Lipinski definition) is 2. The van der Waals surface area contributed by atoms with Crippen LogP contribution in [0.2, 0.25) is 0 Å². The molecule has 20 nitrogen and oxygen atoms in total. The minimum atomic E-state index is -0.746. The fourth-order valence-corrected chi connectivity index (χ4v) is 6.39. The van der Waals surface area contributed by atoms with Crippen LogP contribution in [0, 0.1) is 40.5 Å². The summed E-state index contributed by atoms with van der Waals surface area (Å²) >= 11 is 0. The number of hydrogen-bond acceptors (Lipinski definition) is 14. The molecule has 274 valence electrons. The zero-order valence-electron chi connectivity index (χ0n) is 27.3. The fourth-order valence-electron chi connectivity index (χ4n) is 6.39. The molecule has 2 heterocycles. The van der Waals surface area contributed by atoms with Crippen molar-refractivity contribution in [2.75, 3.05) is 39.3 Å². The Morgan fingerprint density at radius 1 is 0.453 bits per heavy atom. The Labute approximate surface area is 302 Å². The molecule has 0 saturated carbocycles. The van der Waals surface area contributed by atoms with E-state index >= 15 is 0 Å². The Hall–Kier alpha value is -6.51. The van der Waals surface area contributed by atoms with Gasteiger partial charge in [0.2, 0.25) is 0 Å². The summed E-state index contributed by atoms with van der Waals surface area (Å²) < 4.78 is 0. The molecule has 2 aliphatic heterocycles. The first-order chi connectivity index (χ1) is 24.8. The number of carbonyl (C=O) groups excluding carboxylic acids is 4. The van der Waals surface area contributed by atoms with Crippen LogP contribution >= 0.6 is 12.4 Å². The Balaban J connectivity index is 0.00000541. The highest BCUT2D eigenvalue weighted by Gasteiger charge is 2.37. The lowest BCUT2D eigenvalue weighted by molar-refractivity contribution is -0.385. The molecule has 6 rings (SSSR count). The maximum absolute atomic E-state index is 13.2. The fraction of sp³-hybridized carbons (Fsp3) is 0.250. The molecule has 0 bridgehead atoms. The monoisotopic (exact) mass is 750 g/mol. The molecule has 0 unspecified atom stereocenters. The van der Waals surface area contributed by atoms with Gasteiger partial charge in [-0.25, -0.2) is 0 Å². The van der Waals surface area contributed by atoms with Crippen molar-refractivity contribution >= 4 is 80.3 Å². The van der Waals surface area contributed by atoms with Crippen molar-refractivity contribution in [2.24, 2.45) is 0 Å². The number of benzene rings is 4. The molecule has 2 N–H and O–H groups in total. The summed E-state index contributed by atoms with van der Waals surface area (Å²) in [6.45, 7) is 1.45. The summed E-state index contributed by atoms with van der Waals surface area (Å²) in [7, 11) is 0. The van der Waals surface area contributed by atoms with Crippen LogP contribution in [0.5, 0.6) is 0 Å². The van der Waals surface area contributed by atoms with E-state index < -0.39 is 66.1 Å². The molecular formula is C32H27ClN8O12. The molecule has 0 atom stereocenters. The normalized spacial score (nSPS) is 13.4. The van der Waals surface area contributed by atoms with Crippen LogP contribution < -0.4 is 10.6 Å². The molecular weight excluding hydrogens is 724 g/mol. The predicted molar refractivity (Wildman–Crippen MR) is 187 cm³/mol. The zero-order valence-corrected chi connectivity index (χ0v) is 28.1. The third kappa shape index (κ3) is 7.05. The number of nitrogens with zero attached hydrogens (tertiary/aromatic N) is 6. The summed E-state index contributed by atoms with van der Waals surface area (Å²) in [5, 5.41) is 52.5. The minimum Gasteiger partial charge on any atom is -0.315 e. The van der Waals surface area contributed by atoms with Crippen molar-refractivity contribution in [2.45, 2.75) is 12.8 Å². The van der Waals surface area contributed by atoms with Gasteiger partial charge in [-0.2, -0.15) is 0 Å². The topological polar surface area (TPSA) is 271 Å². The van der Waals surface area contributed by atoms with Crippen LogP contribution in [0.1, 0.15) is 54.3 Å². The molecule has 53 heavy (non-hydrogen) atoms. The van der Waals surface area contributed by atoms with Crippen molar-refractivity contribution < 1.29 is 38.9 Å². The van der Waals surface area contributed by atoms with Gasteiger partial charge in [0.15, 0.2) is 0 Å². The Kier molecular flexibility index (Phi) is 10.7. The van der Waals surface area contributed by atoms with Crippen molar-refractivity contribution in [1.29, 1.82) is 0 Å². The Bertz CT molecular complexity index is 2000. The molecule has 2 aliphatic rings. The first-order valence-electron chi connectivity index (χ1n) is 15.7. The first-order valence-corrected chi connectivity index (χ1v) is 15.7. The van der Waals surface area contributed by atoms with Gasteiger partial charge in [0, 0.05) is 85.5 Å². The molecule has 21 heteroatoms. The van der Waals surface area contributed by atoms with E-state index in [1.807, 2.05) is 0 Å². The predicted octanol–water partition coefficient (Wildman–Crippen LogP) is 3.90. The van der Waals surface area contributed by atoms with E-state index in [0.717, 1.165) is 58.3 Å². The summed E-state index contributed by atoms with van der Waals surface area (Å²) in [5.74, 6) is -2.99. The van der Waals surface area contributed by atoms with Crippen molar-refractivity contribution in [3.05, 3.63) is 111 Å². The van der Waals surface area contributed by atoms with Crippen LogP contribution in [0.25, 0.3) is 21.5 Å². The lowest BCUT2D eigenvalue weighted by atomic mass is 9.92. The average Bonchev–Trinajstić information content (AvgIpc) is 3.11. The lowest BCUT2D eigenvalue weighted by Gasteiger charge is -2.27. The highest BCUT2D eigenvalue weighted by molar-refractivity contribution is 6.27. The third-order valence-corrected chi connectivity index (χ3v) is 8.73. The summed E-state index contributed by atoms with van der Waals surface area (Å²) in [4.78, 5) is 97.8. The second-order valence-corrected chi connectivity index (χ2v) is 11.9. The second kappa shape index (κ2) is 15.0. The molecule has 0 aromatic heterocycles. The van der Waals surface area contributed by atoms with Gasteiger partial charge in [-0.15, -0.1) is 12.4 Å². The molecule has 4 amide bonds. The van der Waals surface area contributed by atoms with Crippen molar-refractivity contribution in [3.63, 3.8) is 0 Å². The minimum absolute atomic E-state index is 0. The Morgan fingerprint density at radius 2 is 0.717 bits per heavy atom. The number of nitro groups is 4. The van der Waals surface area contributed by atoms with E-state index in [4.69, 9.17) is 0 Å². The standard InChI is InChI=1S/C32H26N8O12.ClH/c41-29-23-13-19(37(45)46)9-17-10-20(38(47)48)14-24(27(17)23)30(42)35(29)7-1-3-33-5-6-34-4-2-8-36-31(43)25-15-21(39(49)50)11-18-12-22(40(51)52)16-26(28(18)25)32(36)44;/h9-16,33-34H,1-8H2;1H. The van der Waals surface area contributed by atoms with E-state index in [0.29, 0.717) is 39.0 Å². The highest BCUT2D eigenvalue weighted by Crippen LogP contribution is 2.38. The van der Waals surface area contributed by atoms with Crippen LogP contribution in [-0.2, 0) is 0 Å². The number of rotatable bonds is 15. The molecule has 0 radical (unpaired) electrons. The quantitative estimate of drug-likeness (QED) is 0.0755. The number of non-ortho nitro benzene ring substituents is 4. The van der Waals surface area contributed by atoms with Gasteiger partial charge in [-0.1, -0.05) is 0 Å². The lowest BCUT2D eigenvalue weighted by Crippen LogP contribution is -2.42. The number of nitrogens with one attached hydrogen (secondary N) is 2. The van der Waals surface area contributed by atoms with Gasteiger partial charge in [0.25, 0.3) is 46.4 Å². The highest BCUT2D eigenvalue weighted by atomic mass is 35.5. The van der Waals surface area contributed by atoms with E-state index in [1.165, 1.54) is 0 Å². The van der Waals surface area contributed by atoms with Crippen LogP contribution in [0.15, 0.2) is 48.5 Å². The molecule has 0 fully saturated rings. The van der Waals surface area contributed by atoms with Crippen LogP contribution in [0.3, 0.4) is 0 Å². The van der Waals surface area contributed by atoms with Gasteiger partial charge >= 0.3 is 0 Å². The van der Waals surface area contributed by atoms with E-state index in [1.54, 1.807) is 0 Å². The Morgan fingerprint density at radius 3 is 0.962 bits per heavy atom. The van der Waals surface area contributed by atoms with Gasteiger partial charge < -0.3 is 10.6 Å². The number of nitro benzene ring substituents is 4. The van der Waals surface area contributed by atoms with Crippen molar-refractivity contribution in [3.8, 4) is 0 Å². The molecule has 4 aromatic rings. The van der Waals surface area contributed by atoms with Crippen LogP contribution in [-0.4, -0.2) is 92.4 Å². The SMILES string of the molecule is Cl.O=C1c2cc([N+](=O)[O-])cc3cc([N+](=O)[O-])cc(c23)C(=O)N1CCCNCCNCCCN1C(=O)c2cc([N+](=O)[O-])cc3cc([N+](=O)[O-])cc(c23)C1=O. The number of carbonyl (C=O) groups is 4. The van der Waals surface area contributed by atoms with E-state index in [2.05, 4.69) is 10.6 Å². The first kappa shape index (κ1) is 37.7. The second-order valence-electron chi connectivity index (χ2n) is 11.9. The molecule has 0 saturated heterocycles. The zero-order chi connectivity index (χ0) is 37.4. The summed E-state index contributed by atoms with van der Waals surface area (Å²) in [6, 6.07) is 8.55. The van der Waals surface area contributed by atoms with Gasteiger partial charge in [-0.05, 0) is 36.7 Å². The van der Waals surface area contributed by atoms with Gasteiger partial charge in [0.05, 0.1) is 41.9 Å². The smallest absolute Gasteiger partial charge is 0.270 e. The summed E-state index contributed by atoms with van der Waals surface area (Å²) in [5.41, 5.74) is -2.16. The molecule has 0 aliphatic carbocycles. The largest absolute Gasteiger partial charge is 0.315 e.